The van der Waals surface area contributed by atoms with Gasteiger partial charge in [-0.1, -0.05) is 54.6 Å². The van der Waals surface area contributed by atoms with Crippen LogP contribution in [0.3, 0.4) is 0 Å². The molecule has 0 amide bonds. The molecule has 0 unspecified atom stereocenters. The van der Waals surface area contributed by atoms with E-state index in [1.807, 2.05) is 48.4 Å². The van der Waals surface area contributed by atoms with Crippen LogP contribution in [0.1, 0.15) is 0 Å². The summed E-state index contributed by atoms with van der Waals surface area (Å²) in [6.45, 7) is 0. The topological polar surface area (TPSA) is 41.9 Å². The third-order valence-electron chi connectivity index (χ3n) is 9.42. The Morgan fingerprint density at radius 1 is 0.479 bits per heavy atom. The van der Waals surface area contributed by atoms with Crippen LogP contribution in [-0.4, -0.2) is 15.0 Å². The Kier molecular flexibility index (Phi) is 6.01. The average molecular weight is 631 g/mol. The number of nitrogens with zero attached hydrogens (tertiary/aromatic N) is 4. The van der Waals surface area contributed by atoms with E-state index in [0.717, 1.165) is 50.2 Å². The minimum atomic E-state index is 0.963. The fourth-order valence-electron chi connectivity index (χ4n) is 7.24. The molecule has 4 nitrogen and oxygen atoms in total. The monoisotopic (exact) mass is 630 g/mol. The van der Waals surface area contributed by atoms with E-state index in [0.29, 0.717) is 0 Å². The Morgan fingerprint density at radius 3 is 2.00 bits per heavy atom. The molecule has 48 heavy (non-hydrogen) atoms. The predicted molar refractivity (Wildman–Crippen MR) is 200 cm³/mol. The maximum Gasteiger partial charge on any atom is 0.0723 e. The first-order chi connectivity index (χ1) is 23.8. The third kappa shape index (κ3) is 4.18. The number of fused-ring (bicyclic) bond motifs is 10. The van der Waals surface area contributed by atoms with E-state index in [1.165, 1.54) is 42.4 Å². The molecule has 5 aromatic carbocycles. The molecule has 0 spiro atoms. The lowest BCUT2D eigenvalue weighted by Gasteiger charge is -2.28. The molecule has 1 aliphatic heterocycles. The van der Waals surface area contributed by atoms with Gasteiger partial charge in [-0.25, -0.2) is 0 Å². The zero-order valence-corrected chi connectivity index (χ0v) is 26.5. The van der Waals surface area contributed by atoms with Crippen LogP contribution in [0.2, 0.25) is 0 Å². The Balaban J connectivity index is 1.34. The van der Waals surface area contributed by atoms with Crippen molar-refractivity contribution in [2.24, 2.45) is 0 Å². The average Bonchev–Trinajstić information content (AvgIpc) is 3.48. The van der Waals surface area contributed by atoms with E-state index in [1.54, 1.807) is 0 Å². The number of thiophene rings is 1. The molecule has 0 N–H and O–H groups in total. The zero-order valence-electron chi connectivity index (χ0n) is 25.7. The van der Waals surface area contributed by atoms with Crippen LogP contribution in [0.15, 0.2) is 158 Å². The molecule has 224 valence electrons. The van der Waals surface area contributed by atoms with E-state index in [4.69, 9.17) is 4.98 Å². The minimum absolute atomic E-state index is 0.963. The highest BCUT2D eigenvalue weighted by Gasteiger charge is 2.29. The van der Waals surface area contributed by atoms with Crippen molar-refractivity contribution in [1.82, 2.24) is 15.0 Å². The zero-order chi connectivity index (χ0) is 31.6. The van der Waals surface area contributed by atoms with Crippen LogP contribution in [0, 0.1) is 0 Å². The fraction of sp³-hybridized carbons (Fsp3) is 0. The van der Waals surface area contributed by atoms with Gasteiger partial charge >= 0.3 is 0 Å². The van der Waals surface area contributed by atoms with Crippen LogP contribution in [0.4, 0.5) is 17.1 Å². The van der Waals surface area contributed by atoms with Crippen LogP contribution in [-0.2, 0) is 0 Å². The van der Waals surface area contributed by atoms with Crippen molar-refractivity contribution >= 4 is 59.5 Å². The number of hydrogen-bond acceptors (Lipinski definition) is 5. The molecule has 5 heteroatoms. The van der Waals surface area contributed by atoms with Gasteiger partial charge < -0.3 is 4.90 Å². The van der Waals surface area contributed by atoms with E-state index in [-0.39, 0.29) is 0 Å². The molecular weight excluding hydrogens is 605 g/mol. The van der Waals surface area contributed by atoms with Gasteiger partial charge in [0.25, 0.3) is 0 Å². The van der Waals surface area contributed by atoms with Crippen molar-refractivity contribution in [3.8, 4) is 44.5 Å². The number of para-hydroxylation sites is 1. The van der Waals surface area contributed by atoms with Crippen LogP contribution >= 0.6 is 11.3 Å². The molecule has 1 aliphatic rings. The highest BCUT2D eigenvalue weighted by atomic mass is 32.1. The maximum atomic E-state index is 4.85. The second kappa shape index (κ2) is 10.7. The van der Waals surface area contributed by atoms with Crippen LogP contribution < -0.4 is 4.90 Å². The highest BCUT2D eigenvalue weighted by Crippen LogP contribution is 2.55. The number of rotatable bonds is 3. The summed E-state index contributed by atoms with van der Waals surface area (Å²) in [5, 5.41) is 3.71. The largest absolute Gasteiger partial charge is 0.309 e. The van der Waals surface area contributed by atoms with Gasteiger partial charge in [0.15, 0.2) is 0 Å². The van der Waals surface area contributed by atoms with Crippen molar-refractivity contribution in [1.29, 1.82) is 0 Å². The van der Waals surface area contributed by atoms with Crippen molar-refractivity contribution in [3.63, 3.8) is 0 Å². The summed E-state index contributed by atoms with van der Waals surface area (Å²) in [4.78, 5) is 15.9. The van der Waals surface area contributed by atoms with E-state index in [9.17, 15) is 0 Å². The second-order valence-electron chi connectivity index (χ2n) is 12.1. The predicted octanol–water partition coefficient (Wildman–Crippen LogP) is 11.8. The summed E-state index contributed by atoms with van der Waals surface area (Å²) in [6.07, 6.45) is 9.31. The molecule has 0 radical (unpaired) electrons. The summed E-state index contributed by atoms with van der Waals surface area (Å²) in [5.41, 5.74) is 13.6. The number of hydrogen-bond donors (Lipinski definition) is 0. The molecule has 0 aliphatic carbocycles. The van der Waals surface area contributed by atoms with Crippen molar-refractivity contribution in [2.75, 3.05) is 4.90 Å². The molecule has 0 saturated carbocycles. The van der Waals surface area contributed by atoms with Crippen LogP contribution in [0.5, 0.6) is 0 Å². The lowest BCUT2D eigenvalue weighted by atomic mass is 9.92. The van der Waals surface area contributed by atoms with Crippen molar-refractivity contribution in [3.05, 3.63) is 158 Å². The minimum Gasteiger partial charge on any atom is -0.309 e. The van der Waals surface area contributed by atoms with Gasteiger partial charge in [-0.15, -0.1) is 11.3 Å². The fourth-order valence-corrected chi connectivity index (χ4v) is 8.51. The molecule has 5 heterocycles. The van der Waals surface area contributed by atoms with Gasteiger partial charge in [0.2, 0.25) is 0 Å². The SMILES string of the molecule is c1ccc2c(c1)-c1ccc3c(sc4ccccc43)c1-c1cc3cccnc3cc1N2c1cc(-c2ccncc2)cc(-c2ccncc2)c1. The van der Waals surface area contributed by atoms with Gasteiger partial charge in [0.05, 0.1) is 16.9 Å². The number of aromatic nitrogens is 3. The highest BCUT2D eigenvalue weighted by molar-refractivity contribution is 7.26. The Hall–Kier alpha value is -6.17. The van der Waals surface area contributed by atoms with Crippen LogP contribution in [0.25, 0.3) is 75.6 Å². The lowest BCUT2D eigenvalue weighted by molar-refractivity contribution is 1.29. The number of pyridine rings is 3. The molecule has 0 atom stereocenters. The molecular formula is C43H26N4S. The first-order valence-corrected chi connectivity index (χ1v) is 16.8. The third-order valence-corrected chi connectivity index (χ3v) is 10.6. The van der Waals surface area contributed by atoms with Gasteiger partial charge in [0.1, 0.15) is 0 Å². The Bertz CT molecular complexity index is 2620. The van der Waals surface area contributed by atoms with Crippen molar-refractivity contribution < 1.29 is 0 Å². The quantitative estimate of drug-likeness (QED) is 0.195. The van der Waals surface area contributed by atoms with E-state index < -0.39 is 0 Å². The van der Waals surface area contributed by atoms with E-state index >= 15 is 0 Å². The second-order valence-corrected chi connectivity index (χ2v) is 13.2. The number of benzene rings is 5. The number of anilines is 3. The molecule has 0 fully saturated rings. The van der Waals surface area contributed by atoms with E-state index in [2.05, 4.69) is 136 Å². The normalized spacial score (nSPS) is 12.1. The molecule has 0 saturated heterocycles. The van der Waals surface area contributed by atoms with Gasteiger partial charge in [0, 0.05) is 78.9 Å². The summed E-state index contributed by atoms with van der Waals surface area (Å²) in [6, 6.07) is 46.2. The van der Waals surface area contributed by atoms with Gasteiger partial charge in [-0.05, 0) is 101 Å². The summed E-state index contributed by atoms with van der Waals surface area (Å²) in [5.74, 6) is 0. The first-order valence-electron chi connectivity index (χ1n) is 16.0. The Labute approximate surface area is 281 Å². The standard InChI is InChI=1S/C43H26N4S/c1-3-9-39-33(7-1)35-11-12-36-34-8-2-4-10-41(34)48-43(36)42(35)37-25-29-6-5-17-46-38(29)26-40(37)47(39)32-23-30(27-13-18-44-19-14-27)22-31(24-32)28-15-20-45-21-16-28/h1-26H. The van der Waals surface area contributed by atoms with Gasteiger partial charge in [-0.2, -0.15) is 0 Å². The summed E-state index contributed by atoms with van der Waals surface area (Å²) >= 11 is 1.88. The lowest BCUT2D eigenvalue weighted by Crippen LogP contribution is -2.11. The summed E-state index contributed by atoms with van der Waals surface area (Å²) < 4.78 is 2.60. The molecule has 0 bridgehead atoms. The molecule has 9 aromatic rings. The first kappa shape index (κ1) is 27.0. The Morgan fingerprint density at radius 2 is 1.21 bits per heavy atom. The summed E-state index contributed by atoms with van der Waals surface area (Å²) in [7, 11) is 0. The van der Waals surface area contributed by atoms with Gasteiger partial charge in [-0.3, -0.25) is 15.0 Å². The smallest absolute Gasteiger partial charge is 0.0723 e. The molecule has 10 rings (SSSR count). The molecule has 4 aromatic heterocycles. The van der Waals surface area contributed by atoms with Crippen molar-refractivity contribution in [2.45, 2.75) is 0 Å². The maximum absolute atomic E-state index is 4.85.